The highest BCUT2D eigenvalue weighted by atomic mass is 35.5. The third-order valence-electron chi connectivity index (χ3n) is 2.94. The first-order valence-electron chi connectivity index (χ1n) is 7.05. The predicted octanol–water partition coefficient (Wildman–Crippen LogP) is 2.39. The number of amides is 3. The zero-order valence-electron chi connectivity index (χ0n) is 13.0. The van der Waals surface area contributed by atoms with Gasteiger partial charge in [0.15, 0.2) is 0 Å². The number of nitrogens with one attached hydrogen (secondary N) is 2. The number of rotatable bonds is 5. The minimum absolute atomic E-state index is 0.339. The number of urea groups is 1. The van der Waals surface area contributed by atoms with Crippen molar-refractivity contribution in [3.63, 3.8) is 0 Å². The summed E-state index contributed by atoms with van der Waals surface area (Å²) in [5, 5.41) is 3.69. The normalized spacial score (nSPS) is 11.5. The Balaban J connectivity index is 2.75. The van der Waals surface area contributed by atoms with E-state index in [1.54, 1.807) is 0 Å². The molecular weight excluding hydrogens is 351 g/mol. The zero-order chi connectivity index (χ0) is 18.5. The van der Waals surface area contributed by atoms with Crippen molar-refractivity contribution in [1.82, 2.24) is 15.2 Å². The number of hydrogen-bond donors (Lipinski definition) is 2. The van der Waals surface area contributed by atoms with Gasteiger partial charge in [0.25, 0.3) is 5.56 Å². The summed E-state index contributed by atoms with van der Waals surface area (Å²) in [6, 6.07) is -0.302. The molecule has 1 aromatic rings. The second kappa shape index (κ2) is 8.18. The molecule has 0 aliphatic heterocycles. The standard InChI is InChI=1S/C14H17ClF3N3O3/c1-8(2)3-4-19-13(24)20-11(22)7-21-6-9(14(16,17)18)5-10(15)12(21)23/h5-6,8H,3-4,7H2,1-2H3,(H2,19,20,22,24). The number of halogens is 4. The van der Waals surface area contributed by atoms with Gasteiger partial charge in [-0.05, 0) is 18.4 Å². The fourth-order valence-corrected chi connectivity index (χ4v) is 1.94. The molecule has 2 N–H and O–H groups in total. The van der Waals surface area contributed by atoms with E-state index in [-0.39, 0.29) is 0 Å². The quantitative estimate of drug-likeness (QED) is 0.838. The van der Waals surface area contributed by atoms with Gasteiger partial charge in [-0.2, -0.15) is 13.2 Å². The van der Waals surface area contributed by atoms with E-state index in [9.17, 15) is 27.6 Å². The van der Waals surface area contributed by atoms with Crippen molar-refractivity contribution >= 4 is 23.5 Å². The van der Waals surface area contributed by atoms with Crippen LogP contribution in [0.4, 0.5) is 18.0 Å². The Labute approximate surface area is 141 Å². The summed E-state index contributed by atoms with van der Waals surface area (Å²) in [4.78, 5) is 34.9. The largest absolute Gasteiger partial charge is 0.417 e. The topological polar surface area (TPSA) is 80.2 Å². The predicted molar refractivity (Wildman–Crippen MR) is 81.7 cm³/mol. The van der Waals surface area contributed by atoms with Gasteiger partial charge < -0.3 is 9.88 Å². The van der Waals surface area contributed by atoms with Crippen LogP contribution >= 0.6 is 11.6 Å². The summed E-state index contributed by atoms with van der Waals surface area (Å²) in [5.41, 5.74) is -2.12. The van der Waals surface area contributed by atoms with E-state index < -0.39 is 40.8 Å². The van der Waals surface area contributed by atoms with Crippen LogP contribution in [0, 0.1) is 5.92 Å². The van der Waals surface area contributed by atoms with E-state index in [2.05, 4.69) is 5.32 Å². The molecular formula is C14H17ClF3N3O3. The van der Waals surface area contributed by atoms with Gasteiger partial charge in [-0.25, -0.2) is 4.79 Å². The maximum Gasteiger partial charge on any atom is 0.417 e. The molecule has 1 heterocycles. The maximum absolute atomic E-state index is 12.7. The molecule has 0 saturated carbocycles. The van der Waals surface area contributed by atoms with Crippen molar-refractivity contribution in [3.8, 4) is 0 Å². The molecule has 1 rings (SSSR count). The summed E-state index contributed by atoms with van der Waals surface area (Å²) in [5.74, 6) is -0.582. The molecule has 0 bridgehead atoms. The summed E-state index contributed by atoms with van der Waals surface area (Å²) in [6.45, 7) is 3.48. The number of imide groups is 1. The van der Waals surface area contributed by atoms with Gasteiger partial charge in [0, 0.05) is 12.7 Å². The van der Waals surface area contributed by atoms with Gasteiger partial charge in [-0.1, -0.05) is 25.4 Å². The molecule has 1 aromatic heterocycles. The molecule has 0 aromatic carbocycles. The van der Waals surface area contributed by atoms with E-state index in [1.807, 2.05) is 19.2 Å². The first kappa shape index (κ1) is 20.0. The van der Waals surface area contributed by atoms with Crippen LogP contribution in [0.2, 0.25) is 5.02 Å². The molecule has 24 heavy (non-hydrogen) atoms. The first-order chi connectivity index (χ1) is 11.0. The molecule has 134 valence electrons. The van der Waals surface area contributed by atoms with Crippen molar-refractivity contribution in [3.05, 3.63) is 33.2 Å². The minimum Gasteiger partial charge on any atom is -0.338 e. The molecule has 0 aliphatic carbocycles. The molecule has 0 radical (unpaired) electrons. The number of hydrogen-bond acceptors (Lipinski definition) is 3. The van der Waals surface area contributed by atoms with Crippen molar-refractivity contribution < 1.29 is 22.8 Å². The lowest BCUT2D eigenvalue weighted by molar-refractivity contribution is -0.138. The molecule has 10 heteroatoms. The summed E-state index contributed by atoms with van der Waals surface area (Å²) in [6.07, 6.45) is -3.54. The summed E-state index contributed by atoms with van der Waals surface area (Å²) < 4.78 is 38.6. The third kappa shape index (κ3) is 6.23. The zero-order valence-corrected chi connectivity index (χ0v) is 13.8. The lowest BCUT2D eigenvalue weighted by Gasteiger charge is -2.12. The molecule has 0 spiro atoms. The van der Waals surface area contributed by atoms with Crippen molar-refractivity contribution in [1.29, 1.82) is 0 Å². The number of carbonyl (C=O) groups is 2. The van der Waals surface area contributed by atoms with Crippen LogP contribution in [-0.4, -0.2) is 23.1 Å². The molecule has 0 unspecified atom stereocenters. The molecule has 3 amide bonds. The Morgan fingerprint density at radius 3 is 2.50 bits per heavy atom. The molecule has 0 fully saturated rings. The molecule has 0 saturated heterocycles. The van der Waals surface area contributed by atoms with Crippen LogP contribution in [0.3, 0.4) is 0 Å². The fourth-order valence-electron chi connectivity index (χ4n) is 1.71. The van der Waals surface area contributed by atoms with E-state index in [0.717, 1.165) is 0 Å². The second-order valence-corrected chi connectivity index (χ2v) is 5.90. The van der Waals surface area contributed by atoms with Crippen LogP contribution in [-0.2, 0) is 17.5 Å². The average Bonchev–Trinajstić information content (AvgIpc) is 2.41. The van der Waals surface area contributed by atoms with Gasteiger partial charge in [0.1, 0.15) is 11.6 Å². The monoisotopic (exact) mass is 367 g/mol. The number of nitrogens with zero attached hydrogens (tertiary/aromatic N) is 1. The Bertz CT molecular complexity index is 671. The molecule has 0 atom stereocenters. The van der Waals surface area contributed by atoms with E-state index in [4.69, 9.17) is 11.6 Å². The Hall–Kier alpha value is -2.03. The van der Waals surface area contributed by atoms with Gasteiger partial charge >= 0.3 is 12.2 Å². The van der Waals surface area contributed by atoms with Crippen LogP contribution in [0.1, 0.15) is 25.8 Å². The highest BCUT2D eigenvalue weighted by Gasteiger charge is 2.32. The number of aromatic nitrogens is 1. The Kier molecular flexibility index (Phi) is 6.82. The van der Waals surface area contributed by atoms with E-state index >= 15 is 0 Å². The Morgan fingerprint density at radius 1 is 1.33 bits per heavy atom. The molecule has 6 nitrogen and oxygen atoms in total. The summed E-state index contributed by atoms with van der Waals surface area (Å²) >= 11 is 5.47. The molecule has 0 aliphatic rings. The third-order valence-corrected chi connectivity index (χ3v) is 3.21. The SMILES string of the molecule is CC(C)CCNC(=O)NC(=O)Cn1cc(C(F)(F)F)cc(Cl)c1=O. The van der Waals surface area contributed by atoms with Crippen LogP contribution < -0.4 is 16.2 Å². The Morgan fingerprint density at radius 2 is 1.96 bits per heavy atom. The number of pyridine rings is 1. The fraction of sp³-hybridized carbons (Fsp3) is 0.500. The second-order valence-electron chi connectivity index (χ2n) is 5.49. The van der Waals surface area contributed by atoms with Gasteiger partial charge in [0.05, 0.1) is 5.56 Å². The van der Waals surface area contributed by atoms with E-state index in [1.165, 1.54) is 0 Å². The first-order valence-corrected chi connectivity index (χ1v) is 7.43. The minimum atomic E-state index is -4.72. The maximum atomic E-state index is 12.7. The van der Waals surface area contributed by atoms with Crippen LogP contribution in [0.25, 0.3) is 0 Å². The average molecular weight is 368 g/mol. The van der Waals surface area contributed by atoms with E-state index in [0.29, 0.717) is 35.7 Å². The van der Waals surface area contributed by atoms with Gasteiger partial charge in [-0.3, -0.25) is 14.9 Å². The number of alkyl halides is 3. The van der Waals surface area contributed by atoms with Crippen molar-refractivity contribution in [2.75, 3.05) is 6.54 Å². The number of carbonyl (C=O) groups excluding carboxylic acids is 2. The van der Waals surface area contributed by atoms with Gasteiger partial charge in [0.2, 0.25) is 5.91 Å². The van der Waals surface area contributed by atoms with Gasteiger partial charge in [-0.15, -0.1) is 0 Å². The lowest BCUT2D eigenvalue weighted by Crippen LogP contribution is -2.42. The smallest absolute Gasteiger partial charge is 0.338 e. The van der Waals surface area contributed by atoms with Crippen LogP contribution in [0.15, 0.2) is 17.1 Å². The lowest BCUT2D eigenvalue weighted by atomic mass is 10.1. The van der Waals surface area contributed by atoms with Crippen molar-refractivity contribution in [2.45, 2.75) is 33.0 Å². The van der Waals surface area contributed by atoms with Crippen LogP contribution in [0.5, 0.6) is 0 Å². The van der Waals surface area contributed by atoms with Crippen molar-refractivity contribution in [2.24, 2.45) is 5.92 Å². The highest BCUT2D eigenvalue weighted by molar-refractivity contribution is 6.30. The summed E-state index contributed by atoms with van der Waals surface area (Å²) in [7, 11) is 0. The highest BCUT2D eigenvalue weighted by Crippen LogP contribution is 2.29.